The number of aromatic carboxylic acids is 1. The Morgan fingerprint density at radius 1 is 1.33 bits per heavy atom. The van der Waals surface area contributed by atoms with Crippen LogP contribution < -0.4 is 5.32 Å². The number of benzene rings is 1. The van der Waals surface area contributed by atoms with E-state index >= 15 is 0 Å². The quantitative estimate of drug-likeness (QED) is 0.788. The van der Waals surface area contributed by atoms with Crippen LogP contribution in [0.25, 0.3) is 10.9 Å². The molecule has 0 saturated heterocycles. The average Bonchev–Trinajstić information content (AvgIpc) is 2.38. The number of nitrogens with zero attached hydrogens (tertiary/aromatic N) is 1. The molecule has 90 valence electrons. The summed E-state index contributed by atoms with van der Waals surface area (Å²) in [5.74, 6) is -1.53. The van der Waals surface area contributed by atoms with Crippen molar-refractivity contribution in [1.29, 1.82) is 0 Å². The Labute approximate surface area is 102 Å². The summed E-state index contributed by atoms with van der Waals surface area (Å²) in [6.07, 6.45) is 0.629. The maximum Gasteiger partial charge on any atom is 0.355 e. The molecule has 3 rings (SSSR count). The molecule has 0 atom stereocenters. The van der Waals surface area contributed by atoms with Crippen LogP contribution in [0.5, 0.6) is 0 Å². The molecule has 1 amide bonds. The van der Waals surface area contributed by atoms with Crippen LogP contribution >= 0.6 is 0 Å². The van der Waals surface area contributed by atoms with Crippen molar-refractivity contribution >= 4 is 22.8 Å². The van der Waals surface area contributed by atoms with E-state index in [0.717, 1.165) is 10.9 Å². The summed E-state index contributed by atoms with van der Waals surface area (Å²) < 4.78 is 0. The Morgan fingerprint density at radius 3 is 2.89 bits per heavy atom. The molecular weight excluding hydrogens is 232 g/mol. The van der Waals surface area contributed by atoms with Crippen LogP contribution in [0.4, 0.5) is 0 Å². The van der Waals surface area contributed by atoms with Crippen LogP contribution in [0.1, 0.15) is 26.4 Å². The smallest absolute Gasteiger partial charge is 0.355 e. The van der Waals surface area contributed by atoms with Crippen LogP contribution in [0.2, 0.25) is 0 Å². The zero-order valence-electron chi connectivity index (χ0n) is 9.43. The predicted molar refractivity (Wildman–Crippen MR) is 64.7 cm³/mol. The van der Waals surface area contributed by atoms with Gasteiger partial charge in [-0.1, -0.05) is 18.2 Å². The van der Waals surface area contributed by atoms with Crippen molar-refractivity contribution in [2.45, 2.75) is 6.42 Å². The average molecular weight is 242 g/mol. The molecule has 1 aliphatic heterocycles. The van der Waals surface area contributed by atoms with E-state index < -0.39 is 5.97 Å². The normalized spacial score (nSPS) is 14.1. The van der Waals surface area contributed by atoms with Gasteiger partial charge in [0.25, 0.3) is 5.91 Å². The molecular formula is C13H10N2O3. The van der Waals surface area contributed by atoms with Gasteiger partial charge >= 0.3 is 5.97 Å². The highest BCUT2D eigenvalue weighted by atomic mass is 16.4. The number of hydrogen-bond donors (Lipinski definition) is 2. The highest BCUT2D eigenvalue weighted by Gasteiger charge is 2.27. The molecule has 18 heavy (non-hydrogen) atoms. The fraction of sp³-hybridized carbons (Fsp3) is 0.154. The number of rotatable bonds is 1. The van der Waals surface area contributed by atoms with Crippen molar-refractivity contribution in [3.63, 3.8) is 0 Å². The summed E-state index contributed by atoms with van der Waals surface area (Å²) in [5, 5.41) is 12.7. The molecule has 5 heteroatoms. The Balaban J connectivity index is 2.45. The van der Waals surface area contributed by atoms with Gasteiger partial charge in [-0.2, -0.15) is 0 Å². The second kappa shape index (κ2) is 3.80. The van der Waals surface area contributed by atoms with E-state index in [0.29, 0.717) is 18.5 Å². The highest BCUT2D eigenvalue weighted by Crippen LogP contribution is 2.26. The Hall–Kier alpha value is -2.43. The number of amides is 1. The fourth-order valence-corrected chi connectivity index (χ4v) is 2.33. The number of nitrogens with one attached hydrogen (secondary N) is 1. The third kappa shape index (κ3) is 1.44. The van der Waals surface area contributed by atoms with Gasteiger partial charge in [-0.15, -0.1) is 0 Å². The number of pyridine rings is 1. The number of aromatic nitrogens is 1. The first kappa shape index (κ1) is 10.7. The summed E-state index contributed by atoms with van der Waals surface area (Å²) in [7, 11) is 0. The van der Waals surface area contributed by atoms with Crippen molar-refractivity contribution in [3.8, 4) is 0 Å². The monoisotopic (exact) mass is 242 g/mol. The van der Waals surface area contributed by atoms with Crippen molar-refractivity contribution in [2.24, 2.45) is 0 Å². The molecule has 1 aliphatic rings. The lowest BCUT2D eigenvalue weighted by atomic mass is 9.94. The minimum Gasteiger partial charge on any atom is -0.476 e. The molecule has 1 aromatic carbocycles. The highest BCUT2D eigenvalue weighted by molar-refractivity contribution is 6.09. The molecule has 0 radical (unpaired) electrons. The van der Waals surface area contributed by atoms with E-state index in [9.17, 15) is 14.7 Å². The molecule has 2 aromatic rings. The third-order valence-electron chi connectivity index (χ3n) is 3.09. The van der Waals surface area contributed by atoms with Crippen LogP contribution in [0.15, 0.2) is 24.3 Å². The number of para-hydroxylation sites is 1. The van der Waals surface area contributed by atoms with Crippen LogP contribution in [-0.2, 0) is 6.42 Å². The summed E-state index contributed by atoms with van der Waals surface area (Å²) in [4.78, 5) is 27.1. The molecule has 2 N–H and O–H groups in total. The molecule has 0 saturated carbocycles. The van der Waals surface area contributed by atoms with Gasteiger partial charge in [0, 0.05) is 11.9 Å². The third-order valence-corrected chi connectivity index (χ3v) is 3.09. The molecule has 0 bridgehead atoms. The second-order valence-corrected chi connectivity index (χ2v) is 4.14. The summed E-state index contributed by atoms with van der Waals surface area (Å²) in [6, 6.07) is 7.29. The molecule has 0 spiro atoms. The predicted octanol–water partition coefficient (Wildman–Crippen LogP) is 1.22. The van der Waals surface area contributed by atoms with Crippen LogP contribution in [0, 0.1) is 0 Å². The summed E-state index contributed by atoms with van der Waals surface area (Å²) in [5.41, 5.74) is 1.43. The van der Waals surface area contributed by atoms with E-state index in [-0.39, 0.29) is 17.2 Å². The Morgan fingerprint density at radius 2 is 2.11 bits per heavy atom. The first-order valence-electron chi connectivity index (χ1n) is 5.61. The Bertz CT molecular complexity index is 679. The lowest BCUT2D eigenvalue weighted by molar-refractivity contribution is 0.0684. The lowest BCUT2D eigenvalue weighted by Gasteiger charge is -2.19. The van der Waals surface area contributed by atoms with Gasteiger partial charge in [-0.05, 0) is 18.1 Å². The van der Waals surface area contributed by atoms with E-state index in [1.54, 1.807) is 12.1 Å². The first-order valence-corrected chi connectivity index (χ1v) is 5.61. The van der Waals surface area contributed by atoms with Gasteiger partial charge in [-0.3, -0.25) is 4.79 Å². The number of carboxylic acids is 1. The largest absolute Gasteiger partial charge is 0.476 e. The fourth-order valence-electron chi connectivity index (χ4n) is 2.33. The lowest BCUT2D eigenvalue weighted by Crippen LogP contribution is -2.34. The molecule has 0 unspecified atom stereocenters. The van der Waals surface area contributed by atoms with Crippen molar-refractivity contribution in [1.82, 2.24) is 10.3 Å². The van der Waals surface area contributed by atoms with Gasteiger partial charge in [0.1, 0.15) is 0 Å². The van der Waals surface area contributed by atoms with Gasteiger partial charge in [-0.25, -0.2) is 9.78 Å². The standard InChI is InChI=1S/C13H10N2O3/c16-12-10-8(5-6-14-12)7-3-1-2-4-9(7)15-11(10)13(17)18/h1-4H,5-6H2,(H,14,16)(H,17,18). The van der Waals surface area contributed by atoms with E-state index in [4.69, 9.17) is 0 Å². The minimum atomic E-state index is -1.17. The van der Waals surface area contributed by atoms with E-state index in [2.05, 4.69) is 10.3 Å². The molecule has 5 nitrogen and oxygen atoms in total. The van der Waals surface area contributed by atoms with E-state index in [1.165, 1.54) is 0 Å². The number of carboxylic acid groups (broad SMARTS) is 1. The van der Waals surface area contributed by atoms with Gasteiger partial charge in [0.05, 0.1) is 11.1 Å². The number of fused-ring (bicyclic) bond motifs is 3. The van der Waals surface area contributed by atoms with Crippen molar-refractivity contribution < 1.29 is 14.7 Å². The van der Waals surface area contributed by atoms with Crippen molar-refractivity contribution in [3.05, 3.63) is 41.1 Å². The van der Waals surface area contributed by atoms with Gasteiger partial charge in [0.15, 0.2) is 5.69 Å². The number of carbonyl (C=O) groups is 2. The van der Waals surface area contributed by atoms with Gasteiger partial charge in [0.2, 0.25) is 0 Å². The zero-order chi connectivity index (χ0) is 12.7. The molecule has 0 fully saturated rings. The summed E-state index contributed by atoms with van der Waals surface area (Å²) >= 11 is 0. The zero-order valence-corrected chi connectivity index (χ0v) is 9.43. The van der Waals surface area contributed by atoms with Crippen LogP contribution in [0.3, 0.4) is 0 Å². The molecule has 0 aliphatic carbocycles. The number of carbonyl (C=O) groups excluding carboxylic acids is 1. The maximum atomic E-state index is 11.8. The topological polar surface area (TPSA) is 79.3 Å². The molecule has 2 heterocycles. The SMILES string of the molecule is O=C(O)c1nc2ccccc2c2c1C(=O)NCC2. The van der Waals surface area contributed by atoms with Gasteiger partial charge < -0.3 is 10.4 Å². The molecule has 1 aromatic heterocycles. The first-order chi connectivity index (χ1) is 8.68. The van der Waals surface area contributed by atoms with E-state index in [1.807, 2.05) is 12.1 Å². The van der Waals surface area contributed by atoms with Crippen LogP contribution in [-0.4, -0.2) is 28.5 Å². The second-order valence-electron chi connectivity index (χ2n) is 4.14. The minimum absolute atomic E-state index is 0.166. The number of hydrogen-bond acceptors (Lipinski definition) is 3. The van der Waals surface area contributed by atoms with Crippen molar-refractivity contribution in [2.75, 3.05) is 6.54 Å². The maximum absolute atomic E-state index is 11.8. The summed E-state index contributed by atoms with van der Waals surface area (Å²) in [6.45, 7) is 0.527. The Kier molecular flexibility index (Phi) is 2.26.